The molecule has 1 aromatic carbocycles. The maximum atomic E-state index is 14.5. The second-order valence-electron chi connectivity index (χ2n) is 8.03. The van der Waals surface area contributed by atoms with Crippen LogP contribution in [0.5, 0.6) is 5.88 Å². The molecule has 0 radical (unpaired) electrons. The van der Waals surface area contributed by atoms with Gasteiger partial charge in [-0.1, -0.05) is 0 Å². The minimum absolute atomic E-state index is 0.0172. The molecule has 0 fully saturated rings. The second kappa shape index (κ2) is 9.16. The van der Waals surface area contributed by atoms with Gasteiger partial charge in [-0.05, 0) is 60.8 Å². The van der Waals surface area contributed by atoms with E-state index in [-0.39, 0.29) is 12.1 Å². The van der Waals surface area contributed by atoms with E-state index in [9.17, 15) is 9.18 Å². The van der Waals surface area contributed by atoms with Gasteiger partial charge < -0.3 is 14.8 Å². The molecule has 0 aliphatic carbocycles. The molecule has 5 aromatic rings. The van der Waals surface area contributed by atoms with Crippen LogP contribution in [-0.4, -0.2) is 28.0 Å². The fraction of sp³-hybridized carbons (Fsp3) is 0.120. The van der Waals surface area contributed by atoms with Crippen molar-refractivity contribution < 1.29 is 13.9 Å². The number of hydrogen-bond donors (Lipinski definition) is 2. The van der Waals surface area contributed by atoms with E-state index in [0.717, 1.165) is 41.7 Å². The molecule has 0 saturated heterocycles. The van der Waals surface area contributed by atoms with Gasteiger partial charge in [0, 0.05) is 26.4 Å². The maximum absolute atomic E-state index is 14.5. The van der Waals surface area contributed by atoms with Crippen LogP contribution in [-0.2, 0) is 6.54 Å². The average molecular weight is 536 g/mol. The van der Waals surface area contributed by atoms with Crippen molar-refractivity contribution in [3.8, 4) is 26.9 Å². The Hall–Kier alpha value is -3.54. The van der Waals surface area contributed by atoms with Crippen molar-refractivity contribution in [1.82, 2.24) is 20.3 Å². The van der Waals surface area contributed by atoms with Gasteiger partial charge >= 0.3 is 0 Å². The van der Waals surface area contributed by atoms with Gasteiger partial charge in [-0.15, -0.1) is 22.7 Å². The van der Waals surface area contributed by atoms with E-state index >= 15 is 0 Å². The standard InChI is InChI=1S/C25H18FN5O2S3/c1-12-20-23-21(30-11-29-20)19-6-4-15(34-19)10-27-24(32)16-8-14(3-5-17(16)26)36-31-18-7-13(22(12)35-23)9-28-25(18)33-2/h3-9,11,31H,10H2,1-2H3,(H,27,32). The molecule has 1 amide bonds. The normalized spacial score (nSPS) is 13.1. The molecule has 1 aliphatic heterocycles. The number of nitrogens with one attached hydrogen (secondary N) is 2. The summed E-state index contributed by atoms with van der Waals surface area (Å²) in [6, 6.07) is 10.4. The highest BCUT2D eigenvalue weighted by Gasteiger charge is 2.20. The fourth-order valence-corrected chi connectivity index (χ4v) is 6.95. The Morgan fingerprint density at radius 3 is 2.83 bits per heavy atom. The zero-order chi connectivity index (χ0) is 24.8. The predicted molar refractivity (Wildman–Crippen MR) is 142 cm³/mol. The molecule has 8 bridgehead atoms. The number of fused-ring (bicyclic) bond motifs is 9. The number of hydrogen-bond acceptors (Lipinski definition) is 9. The van der Waals surface area contributed by atoms with Crippen LogP contribution in [0.4, 0.5) is 10.1 Å². The molecule has 180 valence electrons. The lowest BCUT2D eigenvalue weighted by atomic mass is 10.1. The van der Waals surface area contributed by atoms with Gasteiger partial charge in [0.2, 0.25) is 5.88 Å². The number of nitrogens with zero attached hydrogens (tertiary/aromatic N) is 3. The number of aryl methyl sites for hydroxylation is 1. The summed E-state index contributed by atoms with van der Waals surface area (Å²) in [5, 5.41) is 2.83. The molecule has 0 unspecified atom stereocenters. The summed E-state index contributed by atoms with van der Waals surface area (Å²) in [4.78, 5) is 30.1. The minimum atomic E-state index is -0.578. The number of carbonyl (C=O) groups excluding carboxylic acids is 1. The van der Waals surface area contributed by atoms with Gasteiger partial charge in [-0.2, -0.15) is 0 Å². The van der Waals surface area contributed by atoms with Gasteiger partial charge in [0.15, 0.2) is 0 Å². The number of halogens is 1. The van der Waals surface area contributed by atoms with Crippen molar-refractivity contribution in [2.45, 2.75) is 18.4 Å². The highest BCUT2D eigenvalue weighted by atomic mass is 32.2. The molecular formula is C25H18FN5O2S3. The highest BCUT2D eigenvalue weighted by molar-refractivity contribution is 8.00. The number of amides is 1. The Bertz CT molecular complexity index is 1650. The molecule has 0 spiro atoms. The number of carbonyl (C=O) groups is 1. The zero-order valence-corrected chi connectivity index (χ0v) is 21.5. The number of methoxy groups -OCH3 is 1. The van der Waals surface area contributed by atoms with E-state index in [1.165, 1.54) is 35.4 Å². The monoisotopic (exact) mass is 535 g/mol. The average Bonchev–Trinajstić information content (AvgIpc) is 3.51. The molecule has 6 rings (SSSR count). The third-order valence-electron chi connectivity index (χ3n) is 5.79. The van der Waals surface area contributed by atoms with E-state index in [4.69, 9.17) is 4.74 Å². The smallest absolute Gasteiger partial charge is 0.254 e. The van der Waals surface area contributed by atoms with Crippen molar-refractivity contribution in [2.24, 2.45) is 0 Å². The number of rotatable bonds is 1. The van der Waals surface area contributed by atoms with Crippen molar-refractivity contribution in [1.29, 1.82) is 0 Å². The van der Waals surface area contributed by atoms with Crippen LogP contribution in [0.25, 0.3) is 31.2 Å². The zero-order valence-electron chi connectivity index (χ0n) is 19.1. The summed E-state index contributed by atoms with van der Waals surface area (Å²) in [6.07, 6.45) is 3.36. The number of benzene rings is 1. The number of anilines is 1. The first kappa shape index (κ1) is 22.9. The van der Waals surface area contributed by atoms with Gasteiger partial charge in [0.25, 0.3) is 5.91 Å². The summed E-state index contributed by atoms with van der Waals surface area (Å²) < 4.78 is 24.2. The molecule has 4 aromatic heterocycles. The number of aromatic nitrogens is 3. The van der Waals surface area contributed by atoms with E-state index < -0.39 is 11.7 Å². The van der Waals surface area contributed by atoms with E-state index in [0.29, 0.717) is 16.5 Å². The van der Waals surface area contributed by atoms with Gasteiger partial charge in [0.1, 0.15) is 23.5 Å². The van der Waals surface area contributed by atoms with Crippen molar-refractivity contribution in [3.05, 3.63) is 70.7 Å². The van der Waals surface area contributed by atoms with Gasteiger partial charge in [-0.25, -0.2) is 19.3 Å². The van der Waals surface area contributed by atoms with Gasteiger partial charge in [-0.3, -0.25) is 4.79 Å². The Morgan fingerprint density at radius 2 is 1.97 bits per heavy atom. The lowest BCUT2D eigenvalue weighted by Gasteiger charge is -2.12. The van der Waals surface area contributed by atoms with E-state index in [2.05, 4.69) is 31.9 Å². The third-order valence-corrected chi connectivity index (χ3v) is 9.03. The van der Waals surface area contributed by atoms with Crippen LogP contribution in [0.2, 0.25) is 0 Å². The van der Waals surface area contributed by atoms with E-state index in [1.54, 1.807) is 37.0 Å². The van der Waals surface area contributed by atoms with Crippen molar-refractivity contribution >= 4 is 56.4 Å². The number of thiophene rings is 2. The van der Waals surface area contributed by atoms with Crippen LogP contribution in [0, 0.1) is 12.7 Å². The number of pyridine rings is 1. The maximum Gasteiger partial charge on any atom is 0.254 e. The molecule has 36 heavy (non-hydrogen) atoms. The van der Waals surface area contributed by atoms with Crippen molar-refractivity contribution in [2.75, 3.05) is 11.8 Å². The first-order valence-electron chi connectivity index (χ1n) is 10.9. The fourth-order valence-electron chi connectivity index (χ4n) is 4.01. The first-order chi connectivity index (χ1) is 17.5. The third kappa shape index (κ3) is 3.98. The Morgan fingerprint density at radius 1 is 1.08 bits per heavy atom. The SMILES string of the molecule is COc1ncc2cc1NSc1ccc(F)c(c1)C(=O)NCc1ccc(s1)-c1ncnc3c(C)c-2sc13. The summed E-state index contributed by atoms with van der Waals surface area (Å²) in [5.74, 6) is -0.632. The lowest BCUT2D eigenvalue weighted by Crippen LogP contribution is -2.23. The first-order valence-corrected chi connectivity index (χ1v) is 13.3. The summed E-state index contributed by atoms with van der Waals surface area (Å²) in [5.41, 5.74) is 4.34. The van der Waals surface area contributed by atoms with Gasteiger partial charge in [0.05, 0.1) is 34.3 Å². The molecule has 7 nitrogen and oxygen atoms in total. The molecule has 1 aliphatic rings. The number of ether oxygens (including phenoxy) is 1. The predicted octanol–water partition coefficient (Wildman–Crippen LogP) is 6.30. The van der Waals surface area contributed by atoms with Crippen LogP contribution in [0.1, 0.15) is 20.8 Å². The molecule has 0 saturated carbocycles. The lowest BCUT2D eigenvalue weighted by molar-refractivity contribution is 0.0947. The second-order valence-corrected chi connectivity index (χ2v) is 11.1. The highest BCUT2D eigenvalue weighted by Crippen LogP contribution is 2.43. The van der Waals surface area contributed by atoms with Crippen LogP contribution in [0.3, 0.4) is 0 Å². The van der Waals surface area contributed by atoms with E-state index in [1.807, 2.05) is 18.2 Å². The summed E-state index contributed by atoms with van der Waals surface area (Å²) in [7, 11) is 1.55. The van der Waals surface area contributed by atoms with Crippen molar-refractivity contribution in [3.63, 3.8) is 0 Å². The Labute approximate surface area is 217 Å². The molecule has 11 heteroatoms. The minimum Gasteiger partial charge on any atom is -0.480 e. The molecule has 0 atom stereocenters. The Balaban J connectivity index is 1.54. The molecular weight excluding hydrogens is 518 g/mol. The quantitative estimate of drug-likeness (QED) is 0.244. The van der Waals surface area contributed by atoms with Crippen LogP contribution >= 0.6 is 34.6 Å². The Kier molecular flexibility index (Phi) is 5.82. The molecule has 2 N–H and O–H groups in total. The topological polar surface area (TPSA) is 89.0 Å². The molecule has 5 heterocycles. The van der Waals surface area contributed by atoms with Crippen LogP contribution < -0.4 is 14.8 Å². The van der Waals surface area contributed by atoms with Crippen LogP contribution in [0.15, 0.2) is 53.8 Å². The largest absolute Gasteiger partial charge is 0.480 e. The summed E-state index contributed by atoms with van der Waals surface area (Å²) in [6.45, 7) is 2.34. The summed E-state index contributed by atoms with van der Waals surface area (Å²) >= 11 is 4.41.